The lowest BCUT2D eigenvalue weighted by atomic mass is 10.1. The summed E-state index contributed by atoms with van der Waals surface area (Å²) in [5.41, 5.74) is 5.43. The maximum absolute atomic E-state index is 6.02. The van der Waals surface area contributed by atoms with Gasteiger partial charge in [-0.1, -0.05) is 48.0 Å². The number of ether oxygens (including phenoxy) is 1. The van der Waals surface area contributed by atoms with Crippen molar-refractivity contribution in [2.45, 2.75) is 19.5 Å². The largest absolute Gasteiger partial charge is 0.379 e. The van der Waals surface area contributed by atoms with Gasteiger partial charge in [-0.3, -0.25) is 4.90 Å². The summed E-state index contributed by atoms with van der Waals surface area (Å²) in [6.45, 7) is 6.69. The summed E-state index contributed by atoms with van der Waals surface area (Å²) in [4.78, 5) is 14.8. The number of halogens is 1. The fourth-order valence-electron chi connectivity index (χ4n) is 4.06. The predicted octanol–water partition coefficient (Wildman–Crippen LogP) is 5.28. The highest BCUT2D eigenvalue weighted by Gasteiger charge is 2.14. The van der Waals surface area contributed by atoms with E-state index in [1.54, 1.807) is 6.33 Å². The average molecular weight is 448 g/mol. The summed E-state index contributed by atoms with van der Waals surface area (Å²) < 4.78 is 5.44. The molecule has 0 bridgehead atoms. The van der Waals surface area contributed by atoms with Gasteiger partial charge >= 0.3 is 0 Å². The molecule has 1 unspecified atom stereocenters. The number of benzene rings is 2. The molecule has 1 aliphatic rings. The van der Waals surface area contributed by atoms with Gasteiger partial charge in [-0.15, -0.1) is 0 Å². The first-order valence-corrected chi connectivity index (χ1v) is 11.3. The van der Waals surface area contributed by atoms with Crippen molar-refractivity contribution in [1.82, 2.24) is 19.9 Å². The van der Waals surface area contributed by atoms with E-state index in [0.717, 1.165) is 71.5 Å². The Kier molecular flexibility index (Phi) is 6.08. The molecule has 6 nitrogen and oxygen atoms in total. The van der Waals surface area contributed by atoms with E-state index in [-0.39, 0.29) is 6.04 Å². The quantitative estimate of drug-likeness (QED) is 0.420. The van der Waals surface area contributed by atoms with Crippen LogP contribution in [-0.4, -0.2) is 46.2 Å². The van der Waals surface area contributed by atoms with Crippen LogP contribution in [0.3, 0.4) is 0 Å². The maximum Gasteiger partial charge on any atom is 0.143 e. The van der Waals surface area contributed by atoms with Crippen LogP contribution in [0.1, 0.15) is 24.1 Å². The molecular formula is C25H26ClN5O. The minimum atomic E-state index is 0.0863. The first-order chi connectivity index (χ1) is 15.7. The molecule has 1 fully saturated rings. The lowest BCUT2D eigenvalue weighted by molar-refractivity contribution is 0.0342. The Morgan fingerprint density at radius 1 is 1.06 bits per heavy atom. The molecule has 164 valence electrons. The third-order valence-electron chi connectivity index (χ3n) is 5.92. The number of anilines is 1. The summed E-state index contributed by atoms with van der Waals surface area (Å²) in [5, 5.41) is 5.22. The zero-order valence-corrected chi connectivity index (χ0v) is 18.8. The third-order valence-corrected chi connectivity index (χ3v) is 6.18. The number of aromatic amines is 1. The van der Waals surface area contributed by atoms with Gasteiger partial charge in [0, 0.05) is 36.4 Å². The highest BCUT2D eigenvalue weighted by atomic mass is 35.5. The first-order valence-electron chi connectivity index (χ1n) is 10.9. The van der Waals surface area contributed by atoms with Crippen LogP contribution in [0.4, 0.5) is 5.82 Å². The lowest BCUT2D eigenvalue weighted by Gasteiger charge is -2.26. The van der Waals surface area contributed by atoms with Crippen molar-refractivity contribution in [2.75, 3.05) is 31.6 Å². The third kappa shape index (κ3) is 4.63. The van der Waals surface area contributed by atoms with E-state index in [1.165, 1.54) is 5.56 Å². The molecule has 2 N–H and O–H groups in total. The van der Waals surface area contributed by atoms with E-state index in [9.17, 15) is 0 Å². The van der Waals surface area contributed by atoms with E-state index in [2.05, 4.69) is 62.4 Å². The van der Waals surface area contributed by atoms with Crippen molar-refractivity contribution in [3.8, 4) is 11.3 Å². The SMILES string of the molecule is CC(Nc1ncnc2[nH]c(-c3ccc(CN4CCOCC4)cc3)cc12)c1ccc(Cl)cc1. The molecule has 4 aromatic rings. The molecule has 0 saturated carbocycles. The van der Waals surface area contributed by atoms with E-state index in [4.69, 9.17) is 16.3 Å². The smallest absolute Gasteiger partial charge is 0.143 e. The number of rotatable bonds is 6. The Hall–Kier alpha value is -2.93. The molecule has 1 atom stereocenters. The summed E-state index contributed by atoms with van der Waals surface area (Å²) in [6.07, 6.45) is 1.59. The van der Waals surface area contributed by atoms with E-state index in [0.29, 0.717) is 0 Å². The summed E-state index contributed by atoms with van der Waals surface area (Å²) in [7, 11) is 0. The van der Waals surface area contributed by atoms with Gasteiger partial charge in [0.25, 0.3) is 0 Å². The van der Waals surface area contributed by atoms with Gasteiger partial charge in [-0.05, 0) is 41.8 Å². The number of hydrogen-bond donors (Lipinski definition) is 2. The average Bonchev–Trinajstić information content (AvgIpc) is 3.26. The van der Waals surface area contributed by atoms with Crippen LogP contribution in [0.15, 0.2) is 60.9 Å². The summed E-state index contributed by atoms with van der Waals surface area (Å²) in [6, 6.07) is 18.8. The minimum absolute atomic E-state index is 0.0863. The molecule has 7 heteroatoms. The van der Waals surface area contributed by atoms with Crippen LogP contribution in [0.25, 0.3) is 22.3 Å². The second kappa shape index (κ2) is 9.28. The molecule has 0 radical (unpaired) electrons. The van der Waals surface area contributed by atoms with Crippen LogP contribution >= 0.6 is 11.6 Å². The van der Waals surface area contributed by atoms with Gasteiger partial charge in [0.05, 0.1) is 18.6 Å². The topological polar surface area (TPSA) is 66.1 Å². The predicted molar refractivity (Wildman–Crippen MR) is 129 cm³/mol. The number of H-pyrrole nitrogens is 1. The fourth-order valence-corrected chi connectivity index (χ4v) is 4.18. The van der Waals surface area contributed by atoms with Gasteiger partial charge < -0.3 is 15.0 Å². The van der Waals surface area contributed by atoms with Gasteiger partial charge in [0.1, 0.15) is 17.8 Å². The van der Waals surface area contributed by atoms with E-state index in [1.807, 2.05) is 24.3 Å². The number of hydrogen-bond acceptors (Lipinski definition) is 5. The van der Waals surface area contributed by atoms with Crippen LogP contribution < -0.4 is 5.32 Å². The molecule has 0 spiro atoms. The van der Waals surface area contributed by atoms with Crippen molar-refractivity contribution in [3.05, 3.63) is 77.1 Å². The lowest BCUT2D eigenvalue weighted by Crippen LogP contribution is -2.35. The molecule has 3 heterocycles. The zero-order chi connectivity index (χ0) is 21.9. The second-order valence-electron chi connectivity index (χ2n) is 8.17. The molecule has 32 heavy (non-hydrogen) atoms. The van der Waals surface area contributed by atoms with Crippen molar-refractivity contribution in [2.24, 2.45) is 0 Å². The number of fused-ring (bicyclic) bond motifs is 1. The van der Waals surface area contributed by atoms with E-state index >= 15 is 0 Å². The van der Waals surface area contributed by atoms with Gasteiger partial charge in [-0.2, -0.15) is 0 Å². The van der Waals surface area contributed by atoms with Gasteiger partial charge in [-0.25, -0.2) is 9.97 Å². The Labute approximate surface area is 192 Å². The van der Waals surface area contributed by atoms with E-state index < -0.39 is 0 Å². The summed E-state index contributed by atoms with van der Waals surface area (Å²) >= 11 is 6.02. The second-order valence-corrected chi connectivity index (χ2v) is 8.61. The molecule has 5 rings (SSSR count). The molecule has 0 amide bonds. The number of nitrogens with zero attached hydrogens (tertiary/aromatic N) is 3. The highest BCUT2D eigenvalue weighted by molar-refractivity contribution is 6.30. The van der Waals surface area contributed by atoms with Crippen molar-refractivity contribution in [3.63, 3.8) is 0 Å². The molecule has 1 aliphatic heterocycles. The Bertz CT molecular complexity index is 1180. The summed E-state index contributed by atoms with van der Waals surface area (Å²) in [5.74, 6) is 0.809. The molecule has 0 aliphatic carbocycles. The number of morpholine rings is 1. The van der Waals surface area contributed by atoms with Crippen molar-refractivity contribution in [1.29, 1.82) is 0 Å². The number of aromatic nitrogens is 3. The van der Waals surface area contributed by atoms with Crippen molar-refractivity contribution < 1.29 is 4.74 Å². The molecule has 1 saturated heterocycles. The highest BCUT2D eigenvalue weighted by Crippen LogP contribution is 2.29. The molecular weight excluding hydrogens is 422 g/mol. The number of nitrogens with one attached hydrogen (secondary N) is 2. The Morgan fingerprint density at radius 3 is 2.56 bits per heavy atom. The normalized spacial score (nSPS) is 15.7. The maximum atomic E-state index is 6.02. The van der Waals surface area contributed by atoms with Gasteiger partial charge in [0.15, 0.2) is 0 Å². The van der Waals surface area contributed by atoms with Crippen LogP contribution in [0, 0.1) is 0 Å². The van der Waals surface area contributed by atoms with Gasteiger partial charge in [0.2, 0.25) is 0 Å². The molecule has 2 aromatic carbocycles. The molecule has 2 aromatic heterocycles. The van der Waals surface area contributed by atoms with Crippen LogP contribution in [0.2, 0.25) is 5.02 Å². The van der Waals surface area contributed by atoms with Crippen LogP contribution in [-0.2, 0) is 11.3 Å². The van der Waals surface area contributed by atoms with Crippen molar-refractivity contribution >= 4 is 28.5 Å². The van der Waals surface area contributed by atoms with Crippen LogP contribution in [0.5, 0.6) is 0 Å². The first kappa shape index (κ1) is 20.9. The standard InChI is InChI=1S/C25H26ClN5O/c1-17(19-6-8-21(26)9-7-19)29-24-22-14-23(30-25(22)28-16-27-24)20-4-2-18(3-5-20)15-31-10-12-32-13-11-31/h2-9,14,16-17H,10-13,15H2,1H3,(H2,27,28,29,30). The Balaban J connectivity index is 1.35. The Morgan fingerprint density at radius 2 is 1.81 bits per heavy atom. The fraction of sp³-hybridized carbons (Fsp3) is 0.280. The zero-order valence-electron chi connectivity index (χ0n) is 18.0. The monoisotopic (exact) mass is 447 g/mol. The minimum Gasteiger partial charge on any atom is -0.379 e.